The van der Waals surface area contributed by atoms with E-state index in [-0.39, 0.29) is 29.6 Å². The first-order valence-electron chi connectivity index (χ1n) is 7.27. The molecule has 1 saturated heterocycles. The molecule has 24 heavy (non-hydrogen) atoms. The molecule has 2 aromatic rings. The molecule has 1 aliphatic rings. The molecule has 0 unspecified atom stereocenters. The number of carboxylic acids is 1. The highest BCUT2D eigenvalue weighted by Gasteiger charge is 2.28. The van der Waals surface area contributed by atoms with Crippen LogP contribution in [0, 0.1) is 11.6 Å². The minimum atomic E-state index is -1.19. The van der Waals surface area contributed by atoms with Gasteiger partial charge in [-0.2, -0.15) is 0 Å². The van der Waals surface area contributed by atoms with Crippen LogP contribution in [0.1, 0.15) is 27.3 Å². The highest BCUT2D eigenvalue weighted by molar-refractivity contribution is 5.95. The van der Waals surface area contributed by atoms with Crippen molar-refractivity contribution in [1.29, 1.82) is 0 Å². The standard InChI is InChI=1S/C16H14F2N2O4/c17-11-2-1-3-12(18)14(11)20-5-4-10(7-20)19-15(21)13-6-9(8-24-13)16(22)23/h1-3,6,8,10H,4-5,7H2,(H,19,21)(H,22,23)/t10-/m0/s1. The van der Waals surface area contributed by atoms with E-state index in [9.17, 15) is 18.4 Å². The molecule has 8 heteroatoms. The van der Waals surface area contributed by atoms with Gasteiger partial charge in [-0.25, -0.2) is 13.6 Å². The number of hydrogen-bond donors (Lipinski definition) is 2. The fourth-order valence-corrected chi connectivity index (χ4v) is 2.70. The van der Waals surface area contributed by atoms with Crippen molar-refractivity contribution in [3.8, 4) is 0 Å². The number of anilines is 1. The van der Waals surface area contributed by atoms with Gasteiger partial charge in [-0.15, -0.1) is 0 Å². The number of benzene rings is 1. The lowest BCUT2D eigenvalue weighted by molar-refractivity contribution is 0.0695. The molecule has 1 amide bonds. The topological polar surface area (TPSA) is 82.8 Å². The van der Waals surface area contributed by atoms with Gasteiger partial charge in [-0.1, -0.05) is 6.07 Å². The second kappa shape index (κ2) is 6.31. The third kappa shape index (κ3) is 3.08. The van der Waals surface area contributed by atoms with Gasteiger partial charge in [-0.3, -0.25) is 4.79 Å². The van der Waals surface area contributed by atoms with Crippen LogP contribution in [0.3, 0.4) is 0 Å². The predicted molar refractivity (Wildman–Crippen MR) is 80.1 cm³/mol. The van der Waals surface area contributed by atoms with Gasteiger partial charge in [0.2, 0.25) is 0 Å². The quantitative estimate of drug-likeness (QED) is 0.895. The first-order chi connectivity index (χ1) is 11.5. The average molecular weight is 336 g/mol. The Kier molecular flexibility index (Phi) is 4.20. The molecule has 1 aromatic heterocycles. The van der Waals surface area contributed by atoms with Gasteiger partial charge in [0.15, 0.2) is 5.76 Å². The fraction of sp³-hybridized carbons (Fsp3) is 0.250. The Bertz CT molecular complexity index is 770. The van der Waals surface area contributed by atoms with E-state index in [0.717, 1.165) is 12.3 Å². The third-order valence-electron chi connectivity index (χ3n) is 3.85. The van der Waals surface area contributed by atoms with Crippen molar-refractivity contribution in [2.45, 2.75) is 12.5 Å². The van der Waals surface area contributed by atoms with Crippen molar-refractivity contribution in [3.05, 3.63) is 53.5 Å². The molecule has 1 atom stereocenters. The molecule has 3 rings (SSSR count). The molecule has 0 aliphatic carbocycles. The maximum atomic E-state index is 13.8. The molecule has 0 saturated carbocycles. The highest BCUT2D eigenvalue weighted by atomic mass is 19.1. The predicted octanol–water partition coefficient (Wildman–Crippen LogP) is 2.26. The monoisotopic (exact) mass is 336 g/mol. The van der Waals surface area contributed by atoms with Crippen LogP contribution in [0.4, 0.5) is 14.5 Å². The fourth-order valence-electron chi connectivity index (χ4n) is 2.70. The Morgan fingerprint density at radius 1 is 1.29 bits per heavy atom. The van der Waals surface area contributed by atoms with E-state index < -0.39 is 23.5 Å². The molecule has 2 N–H and O–H groups in total. The summed E-state index contributed by atoms with van der Waals surface area (Å²) in [6.07, 6.45) is 1.49. The summed E-state index contributed by atoms with van der Waals surface area (Å²) in [5.74, 6) is -3.19. The van der Waals surface area contributed by atoms with Crippen LogP contribution in [0.2, 0.25) is 0 Å². The minimum Gasteiger partial charge on any atom is -0.478 e. The molecule has 1 fully saturated rings. The van der Waals surface area contributed by atoms with Crippen molar-refractivity contribution in [3.63, 3.8) is 0 Å². The van der Waals surface area contributed by atoms with E-state index in [4.69, 9.17) is 9.52 Å². The average Bonchev–Trinajstić information content (AvgIpc) is 3.16. The summed E-state index contributed by atoms with van der Waals surface area (Å²) >= 11 is 0. The normalized spacial score (nSPS) is 17.1. The van der Waals surface area contributed by atoms with Crippen LogP contribution in [-0.4, -0.2) is 36.1 Å². The van der Waals surface area contributed by atoms with Gasteiger partial charge < -0.3 is 19.7 Å². The molecule has 0 spiro atoms. The Labute approximate surface area is 135 Å². The number of hydrogen-bond acceptors (Lipinski definition) is 4. The van der Waals surface area contributed by atoms with E-state index in [1.54, 1.807) is 0 Å². The van der Waals surface area contributed by atoms with Gasteiger partial charge in [0.25, 0.3) is 5.91 Å². The second-order valence-electron chi connectivity index (χ2n) is 5.48. The lowest BCUT2D eigenvalue weighted by atomic mass is 10.2. The summed E-state index contributed by atoms with van der Waals surface area (Å²) < 4.78 is 32.5. The first kappa shape index (κ1) is 16.0. The molecule has 1 aliphatic heterocycles. The first-order valence-corrected chi connectivity index (χ1v) is 7.27. The summed E-state index contributed by atoms with van der Waals surface area (Å²) in [4.78, 5) is 24.4. The number of furan rings is 1. The molecule has 2 heterocycles. The van der Waals surface area contributed by atoms with E-state index >= 15 is 0 Å². The zero-order valence-corrected chi connectivity index (χ0v) is 12.5. The second-order valence-corrected chi connectivity index (χ2v) is 5.48. The molecule has 6 nitrogen and oxygen atoms in total. The van der Waals surface area contributed by atoms with Gasteiger partial charge in [0.05, 0.1) is 5.56 Å². The van der Waals surface area contributed by atoms with Crippen molar-refractivity contribution < 1.29 is 27.9 Å². The molecular weight excluding hydrogens is 322 g/mol. The Morgan fingerprint density at radius 2 is 2.00 bits per heavy atom. The van der Waals surface area contributed by atoms with Crippen LogP contribution in [0.15, 0.2) is 34.9 Å². The lowest BCUT2D eigenvalue weighted by Gasteiger charge is -2.20. The number of rotatable bonds is 4. The van der Waals surface area contributed by atoms with Gasteiger partial charge in [-0.05, 0) is 18.6 Å². The van der Waals surface area contributed by atoms with Crippen LogP contribution in [0.5, 0.6) is 0 Å². The largest absolute Gasteiger partial charge is 0.478 e. The van der Waals surface area contributed by atoms with Crippen molar-refractivity contribution in [1.82, 2.24) is 5.32 Å². The van der Waals surface area contributed by atoms with Crippen LogP contribution in [-0.2, 0) is 0 Å². The van der Waals surface area contributed by atoms with Crippen LogP contribution < -0.4 is 10.2 Å². The van der Waals surface area contributed by atoms with E-state index in [2.05, 4.69) is 5.32 Å². The molecule has 1 aromatic carbocycles. The van der Waals surface area contributed by atoms with Crippen molar-refractivity contribution >= 4 is 17.6 Å². The number of aromatic carboxylic acids is 1. The third-order valence-corrected chi connectivity index (χ3v) is 3.85. The number of carbonyl (C=O) groups excluding carboxylic acids is 1. The number of carbonyl (C=O) groups is 2. The molecule has 0 bridgehead atoms. The highest BCUT2D eigenvalue weighted by Crippen LogP contribution is 2.26. The van der Waals surface area contributed by atoms with Gasteiger partial charge in [0.1, 0.15) is 23.6 Å². The number of carboxylic acid groups (broad SMARTS) is 1. The minimum absolute atomic E-state index is 0.111. The number of nitrogens with one attached hydrogen (secondary N) is 1. The van der Waals surface area contributed by atoms with Crippen molar-refractivity contribution in [2.24, 2.45) is 0 Å². The smallest absolute Gasteiger partial charge is 0.338 e. The zero-order chi connectivity index (χ0) is 17.3. The van der Waals surface area contributed by atoms with Gasteiger partial charge >= 0.3 is 5.97 Å². The lowest BCUT2D eigenvalue weighted by Crippen LogP contribution is -2.37. The maximum absolute atomic E-state index is 13.8. The van der Waals surface area contributed by atoms with Crippen molar-refractivity contribution in [2.75, 3.05) is 18.0 Å². The zero-order valence-electron chi connectivity index (χ0n) is 12.5. The summed E-state index contributed by atoms with van der Waals surface area (Å²) in [6.45, 7) is 0.636. The number of amides is 1. The van der Waals surface area contributed by atoms with E-state index in [0.29, 0.717) is 13.0 Å². The summed E-state index contributed by atoms with van der Waals surface area (Å²) in [5.41, 5.74) is -0.234. The van der Waals surface area contributed by atoms with E-state index in [1.165, 1.54) is 23.1 Å². The number of para-hydroxylation sites is 1. The molecule has 126 valence electrons. The van der Waals surface area contributed by atoms with Crippen LogP contribution >= 0.6 is 0 Å². The Balaban J connectivity index is 1.65. The molecular formula is C16H14F2N2O4. The SMILES string of the molecule is O=C(O)c1coc(C(=O)N[C@H]2CCN(c3c(F)cccc3F)C2)c1. The van der Waals surface area contributed by atoms with E-state index in [1.807, 2.05) is 0 Å². The summed E-state index contributed by atoms with van der Waals surface area (Å²) in [5, 5.41) is 11.5. The van der Waals surface area contributed by atoms with Crippen LogP contribution in [0.25, 0.3) is 0 Å². The summed E-state index contributed by atoms with van der Waals surface area (Å²) in [6, 6.07) is 4.46. The number of nitrogens with zero attached hydrogens (tertiary/aromatic N) is 1. The number of halogens is 2. The Hall–Kier alpha value is -2.90. The molecule has 0 radical (unpaired) electrons. The maximum Gasteiger partial charge on any atom is 0.338 e. The van der Waals surface area contributed by atoms with Gasteiger partial charge in [0, 0.05) is 25.2 Å². The summed E-state index contributed by atoms with van der Waals surface area (Å²) in [7, 11) is 0. The Morgan fingerprint density at radius 3 is 2.62 bits per heavy atom.